The summed E-state index contributed by atoms with van der Waals surface area (Å²) >= 11 is 0. The fourth-order valence-electron chi connectivity index (χ4n) is 3.64. The Bertz CT molecular complexity index is 1100. The molecule has 2 aliphatic heterocycles. The summed E-state index contributed by atoms with van der Waals surface area (Å²) in [4.78, 5) is 36.5. The van der Waals surface area contributed by atoms with E-state index in [4.69, 9.17) is 18.9 Å². The van der Waals surface area contributed by atoms with Crippen molar-refractivity contribution in [2.45, 2.75) is 33.3 Å². The summed E-state index contributed by atoms with van der Waals surface area (Å²) in [6, 6.07) is 1.54. The van der Waals surface area contributed by atoms with Crippen LogP contribution in [0.5, 0.6) is 34.5 Å². The second-order valence-electron chi connectivity index (χ2n) is 6.98. The van der Waals surface area contributed by atoms with Gasteiger partial charge in [-0.05, 0) is 32.4 Å². The number of benzene rings is 2. The first kappa shape index (κ1) is 18.8. The molecule has 0 bridgehead atoms. The maximum absolute atomic E-state index is 12.9. The number of phenols is 1. The topological polar surface area (TPSA) is 108 Å². The van der Waals surface area contributed by atoms with E-state index in [1.54, 1.807) is 19.9 Å². The van der Waals surface area contributed by atoms with E-state index in [1.165, 1.54) is 14.0 Å². The molecule has 0 aromatic heterocycles. The van der Waals surface area contributed by atoms with Crippen molar-refractivity contribution in [3.05, 3.63) is 33.9 Å². The number of Topliss-reactive ketones (excluding diaryl/α,β-unsaturated/α-hetero) is 1. The Kier molecular flexibility index (Phi) is 4.22. The van der Waals surface area contributed by atoms with Crippen LogP contribution in [-0.2, 0) is 11.2 Å². The molecule has 0 spiro atoms. The molecule has 4 rings (SSSR count). The molecule has 0 saturated carbocycles. The van der Waals surface area contributed by atoms with Gasteiger partial charge in [0.1, 0.15) is 17.1 Å². The number of methoxy groups -OCH3 is 1. The van der Waals surface area contributed by atoms with Crippen LogP contribution in [0.25, 0.3) is 0 Å². The molecule has 2 aliphatic rings. The third-order valence-electron chi connectivity index (χ3n) is 5.19. The first-order chi connectivity index (χ1) is 13.8. The zero-order chi connectivity index (χ0) is 21.0. The number of esters is 1. The Morgan fingerprint density at radius 3 is 2.55 bits per heavy atom. The number of hydrogen-bond acceptors (Lipinski definition) is 8. The molecule has 1 unspecified atom stereocenters. The Hall–Kier alpha value is -3.55. The van der Waals surface area contributed by atoms with Crippen LogP contribution in [0.15, 0.2) is 6.07 Å². The van der Waals surface area contributed by atoms with E-state index < -0.39 is 12.1 Å². The predicted octanol–water partition coefficient (Wildman–Crippen LogP) is 3.05. The highest BCUT2D eigenvalue weighted by Crippen LogP contribution is 2.55. The normalized spacial score (nSPS) is 16.4. The van der Waals surface area contributed by atoms with Gasteiger partial charge < -0.3 is 24.1 Å². The van der Waals surface area contributed by atoms with Crippen molar-refractivity contribution in [3.8, 4) is 34.5 Å². The summed E-state index contributed by atoms with van der Waals surface area (Å²) in [5, 5.41) is 10.6. The van der Waals surface area contributed by atoms with Crippen molar-refractivity contribution in [2.75, 3.05) is 7.11 Å². The number of ketones is 1. The molecule has 0 aliphatic carbocycles. The first-order valence-corrected chi connectivity index (χ1v) is 8.90. The highest BCUT2D eigenvalue weighted by atomic mass is 16.6. The number of phenolic OH excluding ortho intramolecular Hbond substituents is 1. The third kappa shape index (κ3) is 2.63. The van der Waals surface area contributed by atoms with Gasteiger partial charge in [-0.3, -0.25) is 9.59 Å². The van der Waals surface area contributed by atoms with E-state index >= 15 is 0 Å². The highest BCUT2D eigenvalue weighted by Gasteiger charge is 2.39. The number of hydrogen-bond donors (Lipinski definition) is 1. The number of ether oxygens (including phenoxy) is 4. The fraction of sp³-hybridized carbons (Fsp3) is 0.286. The smallest absolute Gasteiger partial charge is 0.347 e. The van der Waals surface area contributed by atoms with Gasteiger partial charge in [-0.25, -0.2) is 4.79 Å². The van der Waals surface area contributed by atoms with Crippen LogP contribution in [0, 0.1) is 13.8 Å². The number of aryl methyl sites for hydroxylation is 1. The van der Waals surface area contributed by atoms with Crippen molar-refractivity contribution >= 4 is 18.0 Å². The van der Waals surface area contributed by atoms with E-state index in [2.05, 4.69) is 0 Å². The Morgan fingerprint density at radius 2 is 1.93 bits per heavy atom. The van der Waals surface area contributed by atoms with Crippen molar-refractivity contribution < 1.29 is 38.4 Å². The standard InChI is InChI=1S/C21H18O8/c1-8-5-14(26-4)12(7-22)18-15(8)21(25)29-17-9(2)16(24)11-6-13(10(3)23)27-19(11)20(17)28-18/h5,7,13,24H,6H2,1-4H3. The first-order valence-electron chi connectivity index (χ1n) is 8.90. The average molecular weight is 398 g/mol. The van der Waals surface area contributed by atoms with Gasteiger partial charge in [0, 0.05) is 17.5 Å². The van der Waals surface area contributed by atoms with Gasteiger partial charge in [-0.1, -0.05) is 0 Å². The summed E-state index contributed by atoms with van der Waals surface area (Å²) < 4.78 is 22.5. The van der Waals surface area contributed by atoms with Gasteiger partial charge in [0.2, 0.25) is 5.75 Å². The Labute approximate surface area is 165 Å². The van der Waals surface area contributed by atoms with Crippen LogP contribution in [0.2, 0.25) is 0 Å². The average Bonchev–Trinajstić information content (AvgIpc) is 3.07. The van der Waals surface area contributed by atoms with Crippen molar-refractivity contribution in [1.82, 2.24) is 0 Å². The number of carbonyl (C=O) groups excluding carboxylic acids is 3. The largest absolute Gasteiger partial charge is 0.507 e. The molecule has 0 amide bonds. The lowest BCUT2D eigenvalue weighted by Crippen LogP contribution is -2.22. The lowest BCUT2D eigenvalue weighted by atomic mass is 10.0. The van der Waals surface area contributed by atoms with Crippen LogP contribution in [0.1, 0.15) is 44.3 Å². The van der Waals surface area contributed by atoms with E-state index in [-0.39, 0.29) is 63.4 Å². The van der Waals surface area contributed by atoms with Gasteiger partial charge in [-0.15, -0.1) is 0 Å². The summed E-state index contributed by atoms with van der Waals surface area (Å²) in [6.07, 6.45) is -0.101. The SMILES string of the molecule is COc1cc(C)c2c(c1C=O)Oc1c(c(C)c(O)c3c1OC(C(C)=O)C3)OC2=O. The lowest BCUT2D eigenvalue weighted by molar-refractivity contribution is -0.122. The maximum atomic E-state index is 12.9. The minimum Gasteiger partial charge on any atom is -0.507 e. The van der Waals surface area contributed by atoms with Gasteiger partial charge in [0.15, 0.2) is 35.4 Å². The van der Waals surface area contributed by atoms with Gasteiger partial charge in [0.05, 0.1) is 12.7 Å². The molecule has 1 atom stereocenters. The Morgan fingerprint density at radius 1 is 1.21 bits per heavy atom. The van der Waals surface area contributed by atoms with Gasteiger partial charge >= 0.3 is 5.97 Å². The monoisotopic (exact) mass is 398 g/mol. The molecule has 29 heavy (non-hydrogen) atoms. The minimum absolute atomic E-state index is 0.0252. The molecule has 1 N–H and O–H groups in total. The van der Waals surface area contributed by atoms with Crippen molar-refractivity contribution in [2.24, 2.45) is 0 Å². The number of carbonyl (C=O) groups is 3. The summed E-state index contributed by atoms with van der Waals surface area (Å²) in [6.45, 7) is 4.61. The second kappa shape index (κ2) is 6.51. The van der Waals surface area contributed by atoms with E-state index in [1.807, 2.05) is 0 Å². The van der Waals surface area contributed by atoms with Gasteiger partial charge in [0.25, 0.3) is 0 Å². The molecule has 0 radical (unpaired) electrons. The van der Waals surface area contributed by atoms with Crippen LogP contribution >= 0.6 is 0 Å². The molecule has 8 nitrogen and oxygen atoms in total. The third-order valence-corrected chi connectivity index (χ3v) is 5.19. The molecule has 2 aromatic carbocycles. The molecular weight excluding hydrogens is 380 g/mol. The van der Waals surface area contributed by atoms with Crippen LogP contribution in [-0.4, -0.2) is 36.4 Å². The maximum Gasteiger partial charge on any atom is 0.347 e. The van der Waals surface area contributed by atoms with Crippen LogP contribution < -0.4 is 18.9 Å². The van der Waals surface area contributed by atoms with Crippen LogP contribution in [0.3, 0.4) is 0 Å². The molecular formula is C21H18O8. The van der Waals surface area contributed by atoms with E-state index in [0.717, 1.165) is 0 Å². The van der Waals surface area contributed by atoms with Crippen molar-refractivity contribution in [3.63, 3.8) is 0 Å². The van der Waals surface area contributed by atoms with Crippen molar-refractivity contribution in [1.29, 1.82) is 0 Å². The van der Waals surface area contributed by atoms with Crippen LogP contribution in [0.4, 0.5) is 0 Å². The number of fused-ring (bicyclic) bond motifs is 4. The lowest BCUT2D eigenvalue weighted by Gasteiger charge is -2.17. The zero-order valence-corrected chi connectivity index (χ0v) is 16.2. The molecule has 2 heterocycles. The minimum atomic E-state index is -0.790. The summed E-state index contributed by atoms with van der Waals surface area (Å²) in [5.41, 5.74) is 1.25. The summed E-state index contributed by atoms with van der Waals surface area (Å²) in [5.74, 6) is -0.764. The molecule has 150 valence electrons. The van der Waals surface area contributed by atoms with E-state index in [0.29, 0.717) is 17.4 Å². The number of aromatic hydroxyl groups is 1. The number of rotatable bonds is 3. The predicted molar refractivity (Wildman–Crippen MR) is 99.8 cm³/mol. The Balaban J connectivity index is 2.01. The molecule has 0 saturated heterocycles. The zero-order valence-electron chi connectivity index (χ0n) is 16.2. The van der Waals surface area contributed by atoms with E-state index in [9.17, 15) is 19.5 Å². The quantitative estimate of drug-likeness (QED) is 0.477. The second-order valence-corrected chi connectivity index (χ2v) is 6.98. The number of aldehydes is 1. The van der Waals surface area contributed by atoms with Gasteiger partial charge in [-0.2, -0.15) is 0 Å². The molecule has 0 fully saturated rings. The molecule has 8 heteroatoms. The highest BCUT2D eigenvalue weighted by molar-refractivity contribution is 6.02. The molecule has 2 aromatic rings. The fourth-order valence-corrected chi connectivity index (χ4v) is 3.64. The summed E-state index contributed by atoms with van der Waals surface area (Å²) in [7, 11) is 1.40.